The van der Waals surface area contributed by atoms with Gasteiger partial charge in [0.1, 0.15) is 5.69 Å². The van der Waals surface area contributed by atoms with Gasteiger partial charge in [-0.25, -0.2) is 0 Å². The molecule has 0 aliphatic carbocycles. The highest BCUT2D eigenvalue weighted by Crippen LogP contribution is 2.41. The van der Waals surface area contributed by atoms with Crippen molar-refractivity contribution in [3.05, 3.63) is 24.4 Å². The smallest absolute Gasteiger partial charge is 0.208 e. The summed E-state index contributed by atoms with van der Waals surface area (Å²) in [7, 11) is 0. The van der Waals surface area contributed by atoms with Crippen molar-refractivity contribution in [1.82, 2.24) is 15.2 Å². The van der Waals surface area contributed by atoms with Crippen molar-refractivity contribution in [2.24, 2.45) is 5.41 Å². The monoisotopic (exact) mass is 288 g/mol. The Kier molecular flexibility index (Phi) is 2.93. The van der Waals surface area contributed by atoms with Crippen LogP contribution in [0.1, 0.15) is 12.8 Å². The fourth-order valence-electron chi connectivity index (χ4n) is 3.01. The highest BCUT2D eigenvalue weighted by Gasteiger charge is 2.42. The Bertz CT molecular complexity index is 594. The van der Waals surface area contributed by atoms with E-state index in [2.05, 4.69) is 20.1 Å². The normalized spacial score (nSPS) is 25.7. The lowest BCUT2D eigenvalue weighted by atomic mass is 9.87. The molecule has 0 amide bonds. The lowest BCUT2D eigenvalue weighted by Crippen LogP contribution is -2.27. The second-order valence-corrected chi connectivity index (χ2v) is 6.53. The van der Waals surface area contributed by atoms with Gasteiger partial charge in [-0.2, -0.15) is 0 Å². The molecule has 4 heterocycles. The topological polar surface area (TPSA) is 51.1 Å². The minimum Gasteiger partial charge on any atom is -0.381 e. The summed E-state index contributed by atoms with van der Waals surface area (Å²) < 4.78 is 5.57. The molecule has 2 fully saturated rings. The van der Waals surface area contributed by atoms with E-state index < -0.39 is 0 Å². The van der Waals surface area contributed by atoms with E-state index in [9.17, 15) is 0 Å². The second-order valence-electron chi connectivity index (χ2n) is 5.58. The Balaban J connectivity index is 1.54. The van der Waals surface area contributed by atoms with E-state index in [1.165, 1.54) is 12.8 Å². The third-order valence-corrected chi connectivity index (χ3v) is 5.20. The first-order chi connectivity index (χ1) is 9.85. The number of nitrogens with zero attached hydrogens (tertiary/aromatic N) is 4. The number of hydrogen-bond donors (Lipinski definition) is 0. The molecule has 0 bridgehead atoms. The quantitative estimate of drug-likeness (QED) is 0.848. The van der Waals surface area contributed by atoms with Crippen LogP contribution in [-0.2, 0) is 4.74 Å². The minimum absolute atomic E-state index is 0.358. The maximum absolute atomic E-state index is 5.57. The fourth-order valence-corrected chi connectivity index (χ4v) is 3.85. The largest absolute Gasteiger partial charge is 0.381 e. The molecule has 2 aliphatic rings. The Hall–Kier alpha value is -1.53. The average Bonchev–Trinajstić information content (AvgIpc) is 3.22. The van der Waals surface area contributed by atoms with Gasteiger partial charge in [0.25, 0.3) is 0 Å². The molecule has 2 aliphatic heterocycles. The maximum Gasteiger partial charge on any atom is 0.208 e. The van der Waals surface area contributed by atoms with Crippen LogP contribution in [0.15, 0.2) is 24.4 Å². The number of anilines is 1. The summed E-state index contributed by atoms with van der Waals surface area (Å²) in [4.78, 5) is 6.68. The number of rotatable bonds is 2. The zero-order valence-electron chi connectivity index (χ0n) is 11.2. The summed E-state index contributed by atoms with van der Waals surface area (Å²) in [6.07, 6.45) is 4.16. The molecule has 2 saturated heterocycles. The molecule has 2 aromatic heterocycles. The molecule has 0 aromatic carbocycles. The van der Waals surface area contributed by atoms with Crippen molar-refractivity contribution in [2.75, 3.05) is 31.2 Å². The van der Waals surface area contributed by atoms with Gasteiger partial charge in [-0.1, -0.05) is 17.4 Å². The van der Waals surface area contributed by atoms with E-state index in [-0.39, 0.29) is 0 Å². The summed E-state index contributed by atoms with van der Waals surface area (Å²) in [6.45, 7) is 3.91. The lowest BCUT2D eigenvalue weighted by Gasteiger charge is -2.20. The van der Waals surface area contributed by atoms with Gasteiger partial charge in [0.05, 0.1) is 6.61 Å². The van der Waals surface area contributed by atoms with Gasteiger partial charge < -0.3 is 9.64 Å². The third kappa shape index (κ3) is 2.09. The lowest BCUT2D eigenvalue weighted by molar-refractivity contribution is 0.160. The molecule has 0 N–H and O–H groups in total. The highest BCUT2D eigenvalue weighted by atomic mass is 32.1. The van der Waals surface area contributed by atoms with Crippen LogP contribution in [0.25, 0.3) is 10.7 Å². The average molecular weight is 288 g/mol. The van der Waals surface area contributed by atoms with E-state index >= 15 is 0 Å². The predicted molar refractivity (Wildman–Crippen MR) is 77.8 cm³/mol. The zero-order valence-corrected chi connectivity index (χ0v) is 12.0. The summed E-state index contributed by atoms with van der Waals surface area (Å²) in [5, 5.41) is 10.5. The van der Waals surface area contributed by atoms with Crippen LogP contribution in [0.2, 0.25) is 0 Å². The standard InChI is InChI=1S/C14H16N4OS/c1-2-6-15-11(3-1)12-16-17-13(20-12)18-7-4-14(9-18)5-8-19-10-14/h1-3,6H,4-5,7-10H2. The van der Waals surface area contributed by atoms with Gasteiger partial charge in [-0.3, -0.25) is 4.98 Å². The third-order valence-electron chi connectivity index (χ3n) is 4.19. The van der Waals surface area contributed by atoms with Gasteiger partial charge in [-0.15, -0.1) is 10.2 Å². The molecule has 5 nitrogen and oxygen atoms in total. The first-order valence-electron chi connectivity index (χ1n) is 6.92. The molecule has 2 aromatic rings. The first-order valence-corrected chi connectivity index (χ1v) is 7.74. The van der Waals surface area contributed by atoms with Crippen molar-refractivity contribution in [3.63, 3.8) is 0 Å². The van der Waals surface area contributed by atoms with Gasteiger partial charge in [0.15, 0.2) is 5.01 Å². The number of ether oxygens (including phenoxy) is 1. The Morgan fingerprint density at radius 2 is 2.25 bits per heavy atom. The molecule has 1 unspecified atom stereocenters. The van der Waals surface area contributed by atoms with Crippen LogP contribution in [0.3, 0.4) is 0 Å². The van der Waals surface area contributed by atoms with Crippen molar-refractivity contribution >= 4 is 16.5 Å². The first kappa shape index (κ1) is 12.2. The molecular weight excluding hydrogens is 272 g/mol. The molecule has 6 heteroatoms. The van der Waals surface area contributed by atoms with Crippen molar-refractivity contribution in [1.29, 1.82) is 0 Å². The number of pyridine rings is 1. The summed E-state index contributed by atoms with van der Waals surface area (Å²) in [5.41, 5.74) is 1.26. The fraction of sp³-hybridized carbons (Fsp3) is 0.500. The van der Waals surface area contributed by atoms with Crippen molar-refractivity contribution < 1.29 is 4.74 Å². The van der Waals surface area contributed by atoms with Gasteiger partial charge >= 0.3 is 0 Å². The molecule has 20 heavy (non-hydrogen) atoms. The maximum atomic E-state index is 5.57. The van der Waals surface area contributed by atoms with E-state index in [4.69, 9.17) is 4.74 Å². The van der Waals surface area contributed by atoms with E-state index in [0.29, 0.717) is 5.41 Å². The molecule has 0 saturated carbocycles. The SMILES string of the molecule is c1ccc(-c2nnc(N3CCC4(CCOC4)C3)s2)nc1. The molecule has 1 atom stereocenters. The van der Waals surface area contributed by atoms with Gasteiger partial charge in [-0.05, 0) is 25.0 Å². The Morgan fingerprint density at radius 3 is 3.05 bits per heavy atom. The molecular formula is C14H16N4OS. The molecule has 104 valence electrons. The zero-order chi connectivity index (χ0) is 13.4. The highest BCUT2D eigenvalue weighted by molar-refractivity contribution is 7.18. The summed E-state index contributed by atoms with van der Waals surface area (Å²) in [6, 6.07) is 5.86. The van der Waals surface area contributed by atoms with Crippen molar-refractivity contribution in [2.45, 2.75) is 12.8 Å². The molecule has 0 radical (unpaired) electrons. The Labute approximate surface area is 121 Å². The molecule has 4 rings (SSSR count). The van der Waals surface area contributed by atoms with E-state index in [0.717, 1.165) is 42.1 Å². The summed E-state index contributed by atoms with van der Waals surface area (Å²) in [5.74, 6) is 0. The Morgan fingerprint density at radius 1 is 1.25 bits per heavy atom. The molecule has 1 spiro atoms. The second kappa shape index (κ2) is 4.79. The van der Waals surface area contributed by atoms with E-state index in [1.807, 2.05) is 18.2 Å². The van der Waals surface area contributed by atoms with Crippen LogP contribution < -0.4 is 4.90 Å². The van der Waals surface area contributed by atoms with Crippen molar-refractivity contribution in [3.8, 4) is 10.7 Å². The van der Waals surface area contributed by atoms with Crippen LogP contribution in [0.4, 0.5) is 5.13 Å². The van der Waals surface area contributed by atoms with E-state index in [1.54, 1.807) is 17.5 Å². The minimum atomic E-state index is 0.358. The van der Waals surface area contributed by atoms with Crippen LogP contribution >= 0.6 is 11.3 Å². The van der Waals surface area contributed by atoms with Crippen LogP contribution in [0, 0.1) is 5.41 Å². The number of hydrogen-bond acceptors (Lipinski definition) is 6. The van der Waals surface area contributed by atoms with Crippen LogP contribution in [-0.4, -0.2) is 41.5 Å². The number of aromatic nitrogens is 3. The van der Waals surface area contributed by atoms with Crippen LogP contribution in [0.5, 0.6) is 0 Å². The van der Waals surface area contributed by atoms with Gasteiger partial charge in [0.2, 0.25) is 5.13 Å². The predicted octanol–water partition coefficient (Wildman–Crippen LogP) is 2.22. The summed E-state index contributed by atoms with van der Waals surface area (Å²) >= 11 is 1.63. The van der Waals surface area contributed by atoms with Gasteiger partial charge in [0, 0.05) is 31.3 Å².